The van der Waals surface area contributed by atoms with E-state index in [1.807, 2.05) is 57.2 Å². The zero-order chi connectivity index (χ0) is 20.5. The summed E-state index contributed by atoms with van der Waals surface area (Å²) in [5.41, 5.74) is 3.99. The Balaban J connectivity index is 1.68. The summed E-state index contributed by atoms with van der Waals surface area (Å²) in [5, 5.41) is 0.708. The van der Waals surface area contributed by atoms with Crippen molar-refractivity contribution >= 4 is 22.8 Å². The van der Waals surface area contributed by atoms with Gasteiger partial charge in [-0.2, -0.15) is 0 Å². The molecule has 0 saturated heterocycles. The molecule has 29 heavy (non-hydrogen) atoms. The lowest BCUT2D eigenvalue weighted by Gasteiger charge is -2.17. The SMILES string of the molecule is CCC(C)n1c(SCc2nc(-c3ccccc3)oc2C)nc2cc(C)[nH]c2c1=O. The second kappa shape index (κ2) is 7.91. The highest BCUT2D eigenvalue weighted by Crippen LogP contribution is 2.28. The monoisotopic (exact) mass is 408 g/mol. The minimum Gasteiger partial charge on any atom is -0.441 e. The van der Waals surface area contributed by atoms with Gasteiger partial charge in [0.15, 0.2) is 5.16 Å². The van der Waals surface area contributed by atoms with Crippen LogP contribution in [0.2, 0.25) is 0 Å². The Kier molecular flexibility index (Phi) is 5.32. The van der Waals surface area contributed by atoms with Crippen molar-refractivity contribution in [1.29, 1.82) is 0 Å². The van der Waals surface area contributed by atoms with Crippen molar-refractivity contribution < 1.29 is 4.42 Å². The van der Waals surface area contributed by atoms with Gasteiger partial charge in [0.25, 0.3) is 5.56 Å². The molecule has 0 fully saturated rings. The van der Waals surface area contributed by atoms with Crippen LogP contribution in [0.15, 0.2) is 50.8 Å². The number of thioether (sulfide) groups is 1. The van der Waals surface area contributed by atoms with E-state index in [-0.39, 0.29) is 11.6 Å². The van der Waals surface area contributed by atoms with Gasteiger partial charge in [-0.05, 0) is 45.4 Å². The van der Waals surface area contributed by atoms with Crippen molar-refractivity contribution in [2.45, 2.75) is 51.1 Å². The number of rotatable bonds is 6. The van der Waals surface area contributed by atoms with Gasteiger partial charge in [-0.1, -0.05) is 36.9 Å². The molecule has 7 heteroatoms. The van der Waals surface area contributed by atoms with E-state index in [0.29, 0.717) is 27.8 Å². The number of nitrogens with zero attached hydrogens (tertiary/aromatic N) is 3. The number of H-pyrrole nitrogens is 1. The Morgan fingerprint density at radius 3 is 2.69 bits per heavy atom. The smallest absolute Gasteiger partial charge is 0.278 e. The van der Waals surface area contributed by atoms with E-state index < -0.39 is 0 Å². The largest absolute Gasteiger partial charge is 0.441 e. The van der Waals surface area contributed by atoms with E-state index in [1.165, 1.54) is 11.8 Å². The second-order valence-electron chi connectivity index (χ2n) is 7.22. The van der Waals surface area contributed by atoms with Gasteiger partial charge in [0.05, 0.1) is 11.2 Å². The van der Waals surface area contributed by atoms with Crippen molar-refractivity contribution in [3.63, 3.8) is 0 Å². The van der Waals surface area contributed by atoms with Crippen LogP contribution in [0.1, 0.15) is 43.5 Å². The summed E-state index contributed by atoms with van der Waals surface area (Å²) >= 11 is 1.52. The molecule has 4 aromatic rings. The number of hydrogen-bond acceptors (Lipinski definition) is 5. The molecule has 3 heterocycles. The van der Waals surface area contributed by atoms with Gasteiger partial charge < -0.3 is 9.40 Å². The molecule has 6 nitrogen and oxygen atoms in total. The average molecular weight is 409 g/mol. The topological polar surface area (TPSA) is 76.7 Å². The van der Waals surface area contributed by atoms with E-state index in [1.54, 1.807) is 4.57 Å². The summed E-state index contributed by atoms with van der Waals surface area (Å²) in [6.07, 6.45) is 0.849. The third-order valence-electron chi connectivity index (χ3n) is 5.07. The Morgan fingerprint density at radius 2 is 1.97 bits per heavy atom. The zero-order valence-corrected chi connectivity index (χ0v) is 17.8. The number of oxazole rings is 1. The van der Waals surface area contributed by atoms with E-state index in [4.69, 9.17) is 9.40 Å². The second-order valence-corrected chi connectivity index (χ2v) is 8.16. The van der Waals surface area contributed by atoms with Gasteiger partial charge >= 0.3 is 0 Å². The normalized spacial score (nSPS) is 12.6. The first kappa shape index (κ1) is 19.5. The minimum atomic E-state index is -0.0261. The van der Waals surface area contributed by atoms with Crippen molar-refractivity contribution in [2.24, 2.45) is 0 Å². The van der Waals surface area contributed by atoms with Crippen LogP contribution < -0.4 is 5.56 Å². The quantitative estimate of drug-likeness (QED) is 0.348. The molecule has 0 aliphatic rings. The number of benzene rings is 1. The molecule has 4 rings (SSSR count). The van der Waals surface area contributed by atoms with Crippen molar-refractivity contribution in [3.8, 4) is 11.5 Å². The van der Waals surface area contributed by atoms with Gasteiger partial charge in [0.1, 0.15) is 11.3 Å². The summed E-state index contributed by atoms with van der Waals surface area (Å²) in [6.45, 7) is 7.97. The molecule has 0 amide bonds. The fourth-order valence-corrected chi connectivity index (χ4v) is 4.36. The predicted octanol–water partition coefficient (Wildman–Crippen LogP) is 5.26. The van der Waals surface area contributed by atoms with Gasteiger partial charge in [0.2, 0.25) is 5.89 Å². The maximum atomic E-state index is 13.1. The average Bonchev–Trinajstić information content (AvgIpc) is 3.28. The van der Waals surface area contributed by atoms with Gasteiger partial charge in [-0.15, -0.1) is 0 Å². The van der Waals surface area contributed by atoms with Crippen LogP contribution in [0.4, 0.5) is 0 Å². The number of aromatic nitrogens is 4. The minimum absolute atomic E-state index is 0.0261. The van der Waals surface area contributed by atoms with Crippen LogP contribution >= 0.6 is 11.8 Å². The summed E-state index contributed by atoms with van der Waals surface area (Å²) < 4.78 is 7.66. The van der Waals surface area contributed by atoms with Crippen molar-refractivity contribution in [2.75, 3.05) is 0 Å². The van der Waals surface area contributed by atoms with Crippen LogP contribution in [0.25, 0.3) is 22.5 Å². The summed E-state index contributed by atoms with van der Waals surface area (Å²) in [7, 11) is 0. The Bertz CT molecular complexity index is 1210. The number of nitrogens with one attached hydrogen (secondary N) is 1. The van der Waals surface area contributed by atoms with Crippen molar-refractivity contribution in [3.05, 3.63) is 63.9 Å². The van der Waals surface area contributed by atoms with Crippen LogP contribution in [-0.4, -0.2) is 19.5 Å². The molecule has 0 radical (unpaired) electrons. The number of aryl methyl sites for hydroxylation is 2. The molecule has 0 aliphatic heterocycles. The highest BCUT2D eigenvalue weighted by atomic mass is 32.2. The molecular formula is C22H24N4O2S. The lowest BCUT2D eigenvalue weighted by Crippen LogP contribution is -2.26. The third-order valence-corrected chi connectivity index (χ3v) is 6.03. The van der Waals surface area contributed by atoms with Gasteiger partial charge in [0, 0.05) is 23.1 Å². The fraction of sp³-hybridized carbons (Fsp3) is 0.318. The van der Waals surface area contributed by atoms with Gasteiger partial charge in [-0.3, -0.25) is 9.36 Å². The molecule has 1 atom stereocenters. The highest BCUT2D eigenvalue weighted by molar-refractivity contribution is 7.98. The van der Waals surface area contributed by atoms with E-state index in [9.17, 15) is 4.79 Å². The van der Waals surface area contributed by atoms with Crippen molar-refractivity contribution in [1.82, 2.24) is 19.5 Å². The van der Waals surface area contributed by atoms with Crippen LogP contribution in [0.5, 0.6) is 0 Å². The van der Waals surface area contributed by atoms with E-state index in [2.05, 4.69) is 16.9 Å². The zero-order valence-electron chi connectivity index (χ0n) is 17.0. The Labute approximate surface area is 173 Å². The molecule has 0 spiro atoms. The van der Waals surface area contributed by atoms with E-state index in [0.717, 1.165) is 29.1 Å². The molecule has 150 valence electrons. The number of aromatic amines is 1. The lowest BCUT2D eigenvalue weighted by molar-refractivity contribution is 0.467. The summed E-state index contributed by atoms with van der Waals surface area (Å²) in [5.74, 6) is 1.98. The maximum absolute atomic E-state index is 13.1. The molecule has 1 aromatic carbocycles. The summed E-state index contributed by atoms with van der Waals surface area (Å²) in [6, 6.07) is 11.8. The standard InChI is InChI=1S/C22H24N4O2S/c1-5-14(3)26-21(27)19-17(11-13(2)23-19)25-22(26)29-12-18-15(4)28-20(24-18)16-9-7-6-8-10-16/h6-11,14,23H,5,12H2,1-4H3. The van der Waals surface area contributed by atoms with Gasteiger partial charge in [-0.25, -0.2) is 9.97 Å². The first-order valence-electron chi connectivity index (χ1n) is 9.74. The molecule has 0 bridgehead atoms. The first-order valence-corrected chi connectivity index (χ1v) is 10.7. The molecule has 0 saturated carbocycles. The van der Waals surface area contributed by atoms with E-state index >= 15 is 0 Å². The fourth-order valence-electron chi connectivity index (χ4n) is 3.26. The maximum Gasteiger partial charge on any atom is 0.278 e. The third kappa shape index (κ3) is 3.74. The highest BCUT2D eigenvalue weighted by Gasteiger charge is 2.19. The van der Waals surface area contributed by atoms with Crippen LogP contribution in [0.3, 0.4) is 0 Å². The molecule has 1 N–H and O–H groups in total. The molecule has 3 aromatic heterocycles. The molecule has 1 unspecified atom stereocenters. The number of fused-ring (bicyclic) bond motifs is 1. The molecular weight excluding hydrogens is 384 g/mol. The number of hydrogen-bond donors (Lipinski definition) is 1. The molecule has 0 aliphatic carbocycles. The predicted molar refractivity (Wildman–Crippen MR) is 116 cm³/mol. The first-order chi connectivity index (χ1) is 14.0. The Morgan fingerprint density at radius 1 is 1.21 bits per heavy atom. The Hall–Kier alpha value is -2.80. The van der Waals surface area contributed by atoms with Crippen LogP contribution in [0, 0.1) is 13.8 Å². The lowest BCUT2D eigenvalue weighted by atomic mass is 10.2. The van der Waals surface area contributed by atoms with Crippen LogP contribution in [-0.2, 0) is 5.75 Å². The summed E-state index contributed by atoms with van der Waals surface area (Å²) in [4.78, 5) is 25.7.